The molecule has 72 valence electrons. The van der Waals surface area contributed by atoms with E-state index in [1.54, 1.807) is 17.3 Å². The minimum Gasteiger partial charge on any atom is -0.223 e. The van der Waals surface area contributed by atoms with Gasteiger partial charge in [-0.25, -0.2) is 9.67 Å². The Kier molecular flexibility index (Phi) is 2.58. The van der Waals surface area contributed by atoms with Crippen molar-refractivity contribution in [1.82, 2.24) is 14.8 Å². The Hall–Kier alpha value is -1.64. The summed E-state index contributed by atoms with van der Waals surface area (Å²) in [5.41, 5.74) is 2.42. The third-order valence-electron chi connectivity index (χ3n) is 2.13. The second-order valence-corrected chi connectivity index (χ2v) is 3.26. The summed E-state index contributed by atoms with van der Waals surface area (Å²) >= 11 is 0. The molecule has 0 saturated carbocycles. The van der Waals surface area contributed by atoms with Crippen LogP contribution < -0.4 is 0 Å². The van der Waals surface area contributed by atoms with Gasteiger partial charge >= 0.3 is 0 Å². The Labute approximate surface area is 83.4 Å². The van der Waals surface area contributed by atoms with Crippen molar-refractivity contribution in [3.63, 3.8) is 0 Å². The van der Waals surface area contributed by atoms with Gasteiger partial charge in [-0.3, -0.25) is 0 Å². The van der Waals surface area contributed by atoms with Crippen LogP contribution in [-0.2, 0) is 6.42 Å². The summed E-state index contributed by atoms with van der Waals surface area (Å²) in [4.78, 5) is 3.93. The maximum atomic E-state index is 4.09. The smallest absolute Gasteiger partial charge is 0.138 e. The molecule has 0 amide bonds. The molecule has 1 aromatic carbocycles. The Morgan fingerprint density at radius 2 is 2.29 bits per heavy atom. The van der Waals surface area contributed by atoms with E-state index in [1.807, 2.05) is 6.07 Å². The molecule has 1 aromatic heterocycles. The number of hydrogen-bond donors (Lipinski definition) is 0. The first kappa shape index (κ1) is 8.94. The Balaban J connectivity index is 2.31. The third kappa shape index (κ3) is 1.82. The molecule has 3 nitrogen and oxygen atoms in total. The summed E-state index contributed by atoms with van der Waals surface area (Å²) in [6, 6.07) is 8.39. The lowest BCUT2D eigenvalue weighted by atomic mass is 10.1. The van der Waals surface area contributed by atoms with Crippen LogP contribution in [-0.4, -0.2) is 14.8 Å². The largest absolute Gasteiger partial charge is 0.223 e. The number of aryl methyl sites for hydroxylation is 1. The molecule has 14 heavy (non-hydrogen) atoms. The summed E-state index contributed by atoms with van der Waals surface area (Å²) < 4.78 is 1.78. The third-order valence-corrected chi connectivity index (χ3v) is 2.13. The van der Waals surface area contributed by atoms with E-state index < -0.39 is 0 Å². The molecule has 0 radical (unpaired) electrons. The van der Waals surface area contributed by atoms with Gasteiger partial charge in [0.15, 0.2) is 0 Å². The van der Waals surface area contributed by atoms with E-state index in [0.29, 0.717) is 0 Å². The van der Waals surface area contributed by atoms with Gasteiger partial charge in [0, 0.05) is 0 Å². The van der Waals surface area contributed by atoms with Crippen LogP contribution in [0.3, 0.4) is 0 Å². The van der Waals surface area contributed by atoms with E-state index in [-0.39, 0.29) is 0 Å². The lowest BCUT2D eigenvalue weighted by molar-refractivity contribution is 0.867. The van der Waals surface area contributed by atoms with Crippen LogP contribution in [0.2, 0.25) is 0 Å². The van der Waals surface area contributed by atoms with Crippen molar-refractivity contribution in [3.8, 4) is 5.69 Å². The van der Waals surface area contributed by atoms with Gasteiger partial charge in [-0.05, 0) is 24.1 Å². The van der Waals surface area contributed by atoms with E-state index >= 15 is 0 Å². The molecular formula is C11H13N3. The zero-order valence-corrected chi connectivity index (χ0v) is 8.22. The molecule has 0 N–H and O–H groups in total. The van der Waals surface area contributed by atoms with E-state index in [1.165, 1.54) is 12.0 Å². The normalized spacial score (nSPS) is 10.4. The molecule has 0 aliphatic rings. The number of benzene rings is 1. The molecule has 0 fully saturated rings. The number of rotatable bonds is 3. The van der Waals surface area contributed by atoms with Crippen molar-refractivity contribution >= 4 is 0 Å². The van der Waals surface area contributed by atoms with Gasteiger partial charge in [0.2, 0.25) is 0 Å². The van der Waals surface area contributed by atoms with Crippen molar-refractivity contribution in [2.24, 2.45) is 0 Å². The minimum atomic E-state index is 1.08. The number of nitrogens with zero attached hydrogens (tertiary/aromatic N) is 3. The van der Waals surface area contributed by atoms with Crippen molar-refractivity contribution in [2.75, 3.05) is 0 Å². The van der Waals surface area contributed by atoms with Crippen molar-refractivity contribution < 1.29 is 0 Å². The summed E-state index contributed by atoms with van der Waals surface area (Å²) in [6.45, 7) is 2.18. The first-order chi connectivity index (χ1) is 6.90. The van der Waals surface area contributed by atoms with Crippen LogP contribution in [0.4, 0.5) is 0 Å². The molecule has 0 spiro atoms. The van der Waals surface area contributed by atoms with Gasteiger partial charge in [0.05, 0.1) is 5.69 Å². The first-order valence-electron chi connectivity index (χ1n) is 4.84. The summed E-state index contributed by atoms with van der Waals surface area (Å²) in [6.07, 6.45) is 5.54. The molecule has 0 bridgehead atoms. The van der Waals surface area contributed by atoms with Gasteiger partial charge in [0.1, 0.15) is 12.7 Å². The maximum absolute atomic E-state index is 4.09. The van der Waals surface area contributed by atoms with Crippen LogP contribution in [0.5, 0.6) is 0 Å². The molecule has 0 aliphatic carbocycles. The van der Waals surface area contributed by atoms with Crippen LogP contribution in [0.1, 0.15) is 18.9 Å². The predicted molar refractivity (Wildman–Crippen MR) is 55.4 cm³/mol. The standard InChI is InChI=1S/C11H13N3/c1-2-4-10-5-3-6-11(7-10)14-9-12-8-13-14/h3,5-9H,2,4H2,1H3. The van der Waals surface area contributed by atoms with Gasteiger partial charge in [-0.15, -0.1) is 0 Å². The highest BCUT2D eigenvalue weighted by molar-refractivity contribution is 5.34. The number of aromatic nitrogens is 3. The van der Waals surface area contributed by atoms with Gasteiger partial charge in [0.25, 0.3) is 0 Å². The molecule has 3 heteroatoms. The van der Waals surface area contributed by atoms with Crippen LogP contribution in [0, 0.1) is 0 Å². The van der Waals surface area contributed by atoms with Crippen LogP contribution in [0.15, 0.2) is 36.9 Å². The van der Waals surface area contributed by atoms with Gasteiger partial charge < -0.3 is 0 Å². The second-order valence-electron chi connectivity index (χ2n) is 3.26. The first-order valence-corrected chi connectivity index (χ1v) is 4.84. The highest BCUT2D eigenvalue weighted by atomic mass is 15.3. The second kappa shape index (κ2) is 4.05. The average Bonchev–Trinajstić information content (AvgIpc) is 2.71. The van der Waals surface area contributed by atoms with E-state index in [9.17, 15) is 0 Å². The molecule has 0 atom stereocenters. The van der Waals surface area contributed by atoms with Crippen LogP contribution >= 0.6 is 0 Å². The Morgan fingerprint density at radius 1 is 1.36 bits per heavy atom. The fraction of sp³-hybridized carbons (Fsp3) is 0.273. The lowest BCUT2D eigenvalue weighted by Crippen LogP contribution is -1.95. The highest BCUT2D eigenvalue weighted by Crippen LogP contribution is 2.10. The fourth-order valence-corrected chi connectivity index (χ4v) is 1.48. The minimum absolute atomic E-state index is 1.08. The Morgan fingerprint density at radius 3 is 3.00 bits per heavy atom. The number of hydrogen-bond acceptors (Lipinski definition) is 2. The zero-order chi connectivity index (χ0) is 9.80. The average molecular weight is 187 g/mol. The summed E-state index contributed by atoms with van der Waals surface area (Å²) in [7, 11) is 0. The SMILES string of the molecule is CCCc1cccc(-n2cncn2)c1. The Bertz CT molecular complexity index is 393. The van der Waals surface area contributed by atoms with Gasteiger partial charge in [-0.2, -0.15) is 5.10 Å². The molecule has 0 saturated heterocycles. The van der Waals surface area contributed by atoms with Crippen molar-refractivity contribution in [2.45, 2.75) is 19.8 Å². The van der Waals surface area contributed by atoms with Crippen molar-refractivity contribution in [3.05, 3.63) is 42.5 Å². The summed E-state index contributed by atoms with van der Waals surface area (Å²) in [5.74, 6) is 0. The van der Waals surface area contributed by atoms with E-state index in [4.69, 9.17) is 0 Å². The molecule has 0 aliphatic heterocycles. The lowest BCUT2D eigenvalue weighted by Gasteiger charge is -2.03. The van der Waals surface area contributed by atoms with Gasteiger partial charge in [-0.1, -0.05) is 25.5 Å². The molecule has 0 unspecified atom stereocenters. The van der Waals surface area contributed by atoms with E-state index in [2.05, 4.69) is 35.2 Å². The van der Waals surface area contributed by atoms with Crippen LogP contribution in [0.25, 0.3) is 5.69 Å². The maximum Gasteiger partial charge on any atom is 0.138 e. The molecule has 1 heterocycles. The zero-order valence-electron chi connectivity index (χ0n) is 8.22. The van der Waals surface area contributed by atoms with E-state index in [0.717, 1.165) is 12.1 Å². The monoisotopic (exact) mass is 187 g/mol. The topological polar surface area (TPSA) is 30.7 Å². The fourth-order valence-electron chi connectivity index (χ4n) is 1.48. The quantitative estimate of drug-likeness (QED) is 0.737. The predicted octanol–water partition coefficient (Wildman–Crippen LogP) is 2.22. The molecule has 2 aromatic rings. The van der Waals surface area contributed by atoms with Crippen molar-refractivity contribution in [1.29, 1.82) is 0 Å². The summed E-state index contributed by atoms with van der Waals surface area (Å²) in [5, 5.41) is 4.09. The molecular weight excluding hydrogens is 174 g/mol. The molecule has 2 rings (SSSR count). The highest BCUT2D eigenvalue weighted by Gasteiger charge is 1.97.